The van der Waals surface area contributed by atoms with Crippen LogP contribution in [0, 0.1) is 23.7 Å². The molecule has 1 aliphatic carbocycles. The van der Waals surface area contributed by atoms with E-state index in [1.165, 1.54) is 70.9 Å². The first-order chi connectivity index (χ1) is 9.67. The lowest BCUT2D eigenvalue weighted by atomic mass is 9.80. The summed E-state index contributed by atoms with van der Waals surface area (Å²) >= 11 is 0. The summed E-state index contributed by atoms with van der Waals surface area (Å²) in [6, 6.07) is 0. The van der Waals surface area contributed by atoms with Gasteiger partial charge in [-0.15, -0.1) is 0 Å². The van der Waals surface area contributed by atoms with Gasteiger partial charge in [-0.05, 0) is 43.2 Å². The Morgan fingerprint density at radius 1 is 1.05 bits per heavy atom. The zero-order chi connectivity index (χ0) is 14.8. The van der Waals surface area contributed by atoms with Crippen molar-refractivity contribution in [1.29, 1.82) is 0 Å². The van der Waals surface area contributed by atoms with E-state index >= 15 is 0 Å². The van der Waals surface area contributed by atoms with Gasteiger partial charge in [-0.1, -0.05) is 79.1 Å². The molecular weight excluding hydrogens is 242 g/mol. The maximum atomic E-state index is 3.75. The highest BCUT2D eigenvalue weighted by Crippen LogP contribution is 2.36. The van der Waals surface area contributed by atoms with E-state index in [2.05, 4.69) is 33.0 Å². The second-order valence-electron chi connectivity index (χ2n) is 7.51. The summed E-state index contributed by atoms with van der Waals surface area (Å²) in [5.74, 6) is 3.71. The molecule has 0 aromatic carbocycles. The van der Waals surface area contributed by atoms with E-state index in [0.29, 0.717) is 0 Å². The molecule has 1 saturated carbocycles. The highest BCUT2D eigenvalue weighted by Gasteiger charge is 2.26. The van der Waals surface area contributed by atoms with Crippen molar-refractivity contribution < 1.29 is 0 Å². The van der Waals surface area contributed by atoms with Gasteiger partial charge < -0.3 is 5.32 Å². The van der Waals surface area contributed by atoms with Crippen LogP contribution in [0.4, 0.5) is 0 Å². The predicted octanol–water partition coefficient (Wildman–Crippen LogP) is 5.64. The zero-order valence-electron chi connectivity index (χ0n) is 14.6. The van der Waals surface area contributed by atoms with Crippen LogP contribution in [0.15, 0.2) is 0 Å². The van der Waals surface area contributed by atoms with Gasteiger partial charge >= 0.3 is 0 Å². The zero-order valence-corrected chi connectivity index (χ0v) is 14.6. The van der Waals surface area contributed by atoms with Crippen LogP contribution in [0.3, 0.4) is 0 Å². The Kier molecular flexibility index (Phi) is 9.59. The number of hydrogen-bond donors (Lipinski definition) is 1. The van der Waals surface area contributed by atoms with Gasteiger partial charge in [0.1, 0.15) is 0 Å². The molecule has 0 bridgehead atoms. The second kappa shape index (κ2) is 10.7. The van der Waals surface area contributed by atoms with Crippen molar-refractivity contribution in [2.75, 3.05) is 13.1 Å². The van der Waals surface area contributed by atoms with E-state index < -0.39 is 0 Å². The highest BCUT2D eigenvalue weighted by molar-refractivity contribution is 4.79. The summed E-state index contributed by atoms with van der Waals surface area (Å²) < 4.78 is 0. The van der Waals surface area contributed by atoms with Gasteiger partial charge in [-0.3, -0.25) is 0 Å². The third kappa shape index (κ3) is 7.11. The van der Waals surface area contributed by atoms with Crippen molar-refractivity contribution in [1.82, 2.24) is 5.32 Å². The maximum Gasteiger partial charge on any atom is -0.00177 e. The van der Waals surface area contributed by atoms with Gasteiger partial charge in [0.25, 0.3) is 0 Å². The third-order valence-corrected chi connectivity index (χ3v) is 5.20. The quantitative estimate of drug-likeness (QED) is 0.516. The van der Waals surface area contributed by atoms with E-state index in [-0.39, 0.29) is 0 Å². The average molecular weight is 282 g/mol. The van der Waals surface area contributed by atoms with Crippen molar-refractivity contribution in [2.45, 2.75) is 85.5 Å². The van der Waals surface area contributed by atoms with Crippen LogP contribution in [0.1, 0.15) is 85.5 Å². The molecule has 1 N–H and O–H groups in total. The summed E-state index contributed by atoms with van der Waals surface area (Å²) in [6.07, 6.45) is 13.1. The summed E-state index contributed by atoms with van der Waals surface area (Å²) in [5.41, 5.74) is 0. The summed E-state index contributed by atoms with van der Waals surface area (Å²) in [7, 11) is 0. The Hall–Kier alpha value is -0.0400. The molecule has 0 aliphatic heterocycles. The molecule has 0 spiro atoms. The first kappa shape index (κ1) is 18.0. The Morgan fingerprint density at radius 2 is 1.75 bits per heavy atom. The summed E-state index contributed by atoms with van der Waals surface area (Å²) in [6.45, 7) is 11.8. The normalized spacial score (nSPS) is 19.6. The Bertz CT molecular complexity index is 218. The molecule has 0 heterocycles. The second-order valence-corrected chi connectivity index (χ2v) is 7.51. The fourth-order valence-corrected chi connectivity index (χ4v) is 3.84. The lowest BCUT2D eigenvalue weighted by Gasteiger charge is -2.28. The lowest BCUT2D eigenvalue weighted by molar-refractivity contribution is 0.244. The molecule has 0 amide bonds. The lowest BCUT2D eigenvalue weighted by Crippen LogP contribution is -2.31. The molecule has 0 aromatic rings. The smallest absolute Gasteiger partial charge is 0.00177 e. The van der Waals surface area contributed by atoms with Crippen LogP contribution in [-0.4, -0.2) is 13.1 Å². The standard InChI is InChI=1S/C19H39N/c1-5-7-10-17(6-2)13-19(15-20-14-16(3)4)18-11-8-9-12-18/h16-20H,5-15H2,1-4H3. The Labute approximate surface area is 128 Å². The van der Waals surface area contributed by atoms with Gasteiger partial charge in [0, 0.05) is 0 Å². The minimum Gasteiger partial charge on any atom is -0.316 e. The van der Waals surface area contributed by atoms with E-state index in [1.54, 1.807) is 0 Å². The van der Waals surface area contributed by atoms with Crippen LogP contribution in [-0.2, 0) is 0 Å². The SMILES string of the molecule is CCCCC(CC)CC(CNCC(C)C)C1CCCC1. The van der Waals surface area contributed by atoms with Gasteiger partial charge in [0.05, 0.1) is 0 Å². The molecule has 20 heavy (non-hydrogen) atoms. The third-order valence-electron chi connectivity index (χ3n) is 5.20. The van der Waals surface area contributed by atoms with Crippen LogP contribution >= 0.6 is 0 Å². The molecular formula is C19H39N. The first-order valence-electron chi connectivity index (χ1n) is 9.38. The molecule has 2 atom stereocenters. The first-order valence-corrected chi connectivity index (χ1v) is 9.38. The molecule has 1 fully saturated rings. The van der Waals surface area contributed by atoms with Crippen LogP contribution < -0.4 is 5.32 Å². The molecule has 2 unspecified atom stereocenters. The number of nitrogens with one attached hydrogen (secondary N) is 1. The minimum atomic E-state index is 0.779. The van der Waals surface area contributed by atoms with Gasteiger partial charge in [0.15, 0.2) is 0 Å². The van der Waals surface area contributed by atoms with Gasteiger partial charge in [0.2, 0.25) is 0 Å². The Balaban J connectivity index is 2.42. The largest absolute Gasteiger partial charge is 0.316 e. The molecule has 1 aliphatic rings. The number of unbranched alkanes of at least 4 members (excludes halogenated alkanes) is 1. The summed E-state index contributed by atoms with van der Waals surface area (Å²) in [5, 5.41) is 3.75. The molecule has 0 aromatic heterocycles. The minimum absolute atomic E-state index is 0.779. The monoisotopic (exact) mass is 281 g/mol. The number of rotatable bonds is 11. The molecule has 120 valence electrons. The highest BCUT2D eigenvalue weighted by atomic mass is 14.9. The molecule has 0 saturated heterocycles. The molecule has 1 heteroatoms. The van der Waals surface area contributed by atoms with Crippen molar-refractivity contribution >= 4 is 0 Å². The predicted molar refractivity (Wildman–Crippen MR) is 91.1 cm³/mol. The van der Waals surface area contributed by atoms with E-state index in [4.69, 9.17) is 0 Å². The van der Waals surface area contributed by atoms with Crippen molar-refractivity contribution in [3.05, 3.63) is 0 Å². The van der Waals surface area contributed by atoms with Gasteiger partial charge in [-0.25, -0.2) is 0 Å². The van der Waals surface area contributed by atoms with Crippen molar-refractivity contribution in [3.8, 4) is 0 Å². The Morgan fingerprint density at radius 3 is 2.30 bits per heavy atom. The van der Waals surface area contributed by atoms with Crippen molar-refractivity contribution in [3.63, 3.8) is 0 Å². The fourth-order valence-electron chi connectivity index (χ4n) is 3.84. The van der Waals surface area contributed by atoms with Crippen LogP contribution in [0.2, 0.25) is 0 Å². The molecule has 0 radical (unpaired) electrons. The van der Waals surface area contributed by atoms with Crippen LogP contribution in [0.5, 0.6) is 0 Å². The summed E-state index contributed by atoms with van der Waals surface area (Å²) in [4.78, 5) is 0. The topological polar surface area (TPSA) is 12.0 Å². The van der Waals surface area contributed by atoms with Crippen molar-refractivity contribution in [2.24, 2.45) is 23.7 Å². The maximum absolute atomic E-state index is 3.75. The molecule has 1 nitrogen and oxygen atoms in total. The molecule has 1 rings (SSSR count). The van der Waals surface area contributed by atoms with E-state index in [9.17, 15) is 0 Å². The van der Waals surface area contributed by atoms with Crippen LogP contribution in [0.25, 0.3) is 0 Å². The average Bonchev–Trinajstić information content (AvgIpc) is 2.95. The van der Waals surface area contributed by atoms with E-state index in [1.807, 2.05) is 0 Å². The van der Waals surface area contributed by atoms with E-state index in [0.717, 1.165) is 23.7 Å². The fraction of sp³-hybridized carbons (Fsp3) is 1.00. The number of hydrogen-bond acceptors (Lipinski definition) is 1. The van der Waals surface area contributed by atoms with Gasteiger partial charge in [-0.2, -0.15) is 0 Å².